The van der Waals surface area contributed by atoms with E-state index in [1.54, 1.807) is 4.52 Å². The fourth-order valence-corrected chi connectivity index (χ4v) is 1.58. The van der Waals surface area contributed by atoms with E-state index in [4.69, 9.17) is 10.6 Å². The Bertz CT molecular complexity index is 556. The van der Waals surface area contributed by atoms with Crippen molar-refractivity contribution in [2.75, 3.05) is 0 Å². The van der Waals surface area contributed by atoms with Gasteiger partial charge in [-0.1, -0.05) is 5.16 Å². The smallest absolute Gasteiger partial charge is 0.277 e. The number of hydrogen-bond donors (Lipinski definition) is 1. The van der Waals surface area contributed by atoms with Gasteiger partial charge in [0.2, 0.25) is 0 Å². The molecule has 0 atom stereocenters. The molecule has 1 aliphatic heterocycles. The highest BCUT2D eigenvalue weighted by Gasteiger charge is 2.20. The molecule has 6 nitrogen and oxygen atoms in total. The Morgan fingerprint density at radius 1 is 1.50 bits per heavy atom. The van der Waals surface area contributed by atoms with Crippen LogP contribution < -0.4 is 10.6 Å². The minimum absolute atomic E-state index is 0.359. The molecule has 3 rings (SSSR count). The van der Waals surface area contributed by atoms with Gasteiger partial charge in [0.05, 0.1) is 5.56 Å². The topological polar surface area (TPSA) is 77.8 Å². The van der Waals surface area contributed by atoms with Gasteiger partial charge in [-0.15, -0.1) is 0 Å². The summed E-state index contributed by atoms with van der Waals surface area (Å²) in [5.41, 5.74) is 8.25. The third-order valence-corrected chi connectivity index (χ3v) is 2.21. The average molecular weight is 189 g/mol. The molecule has 0 amide bonds. The summed E-state index contributed by atoms with van der Waals surface area (Å²) in [6.07, 6.45) is 1.43. The Morgan fingerprint density at radius 3 is 3.21 bits per heavy atom. The van der Waals surface area contributed by atoms with Crippen LogP contribution in [0.25, 0.3) is 5.52 Å². The van der Waals surface area contributed by atoms with Gasteiger partial charge in [0.25, 0.3) is 5.88 Å². The summed E-state index contributed by atoms with van der Waals surface area (Å²) in [5.74, 6) is 0.801. The Balaban J connectivity index is 2.53. The number of nitrogens with two attached hydrogens (primary N) is 1. The second kappa shape index (κ2) is 2.22. The largest absolute Gasteiger partial charge is 0.380 e. The van der Waals surface area contributed by atoms with Crippen LogP contribution in [0, 0.1) is 6.92 Å². The molecule has 0 unspecified atom stereocenters. The molecule has 0 saturated carbocycles. The standard InChI is InChI=1S/C8H7N5O/c1-4-2-5-6-8(14-12-7(5)9)10-3-11-13(4)6/h2-3H,1H3,(H2,9,12). The average Bonchev–Trinajstić information content (AvgIpc) is 2.53. The first-order chi connectivity index (χ1) is 6.77. The molecule has 14 heavy (non-hydrogen) atoms. The Morgan fingerprint density at radius 2 is 2.36 bits per heavy atom. The summed E-state index contributed by atoms with van der Waals surface area (Å²) >= 11 is 0. The molecule has 3 heterocycles. The Hall–Kier alpha value is -2.11. The lowest BCUT2D eigenvalue weighted by molar-refractivity contribution is 0.325. The van der Waals surface area contributed by atoms with E-state index in [1.807, 2.05) is 13.0 Å². The van der Waals surface area contributed by atoms with E-state index in [1.165, 1.54) is 6.33 Å². The number of aromatic nitrogens is 3. The number of rotatable bonds is 0. The van der Waals surface area contributed by atoms with Crippen LogP contribution in [0.5, 0.6) is 5.88 Å². The van der Waals surface area contributed by atoms with E-state index >= 15 is 0 Å². The Kier molecular flexibility index (Phi) is 1.16. The Labute approximate surface area is 79.0 Å². The summed E-state index contributed by atoms with van der Waals surface area (Å²) < 4.78 is 1.74. The van der Waals surface area contributed by atoms with Crippen molar-refractivity contribution in [3.8, 4) is 5.88 Å². The van der Waals surface area contributed by atoms with Crippen LogP contribution >= 0.6 is 0 Å². The van der Waals surface area contributed by atoms with E-state index in [0.29, 0.717) is 11.7 Å². The van der Waals surface area contributed by atoms with Gasteiger partial charge in [-0.2, -0.15) is 10.1 Å². The molecule has 0 spiro atoms. The first-order valence-corrected chi connectivity index (χ1v) is 4.11. The van der Waals surface area contributed by atoms with Crippen LogP contribution in [0.1, 0.15) is 11.3 Å². The molecule has 70 valence electrons. The van der Waals surface area contributed by atoms with Crippen LogP contribution in [0.2, 0.25) is 0 Å². The molecule has 1 aliphatic rings. The summed E-state index contributed by atoms with van der Waals surface area (Å²) in [4.78, 5) is 8.98. The lowest BCUT2D eigenvalue weighted by Crippen LogP contribution is -2.18. The fourth-order valence-electron chi connectivity index (χ4n) is 1.58. The van der Waals surface area contributed by atoms with Gasteiger partial charge in [0.15, 0.2) is 5.84 Å². The molecule has 0 radical (unpaired) electrons. The molecule has 2 aromatic rings. The highest BCUT2D eigenvalue weighted by atomic mass is 16.6. The molecule has 0 aromatic carbocycles. The zero-order chi connectivity index (χ0) is 9.71. The van der Waals surface area contributed by atoms with E-state index in [9.17, 15) is 0 Å². The summed E-state index contributed by atoms with van der Waals surface area (Å²) in [6.45, 7) is 1.94. The molecular formula is C8H7N5O. The van der Waals surface area contributed by atoms with Crippen molar-refractivity contribution >= 4 is 11.4 Å². The lowest BCUT2D eigenvalue weighted by atomic mass is 10.2. The predicted molar refractivity (Wildman–Crippen MR) is 49.1 cm³/mol. The third kappa shape index (κ3) is 0.723. The normalized spacial score (nSPS) is 13.9. The number of aryl methyl sites for hydroxylation is 1. The van der Waals surface area contributed by atoms with Crippen molar-refractivity contribution in [2.24, 2.45) is 10.9 Å². The number of oxime groups is 1. The zero-order valence-electron chi connectivity index (χ0n) is 7.43. The minimum atomic E-state index is 0.359. The van der Waals surface area contributed by atoms with Crippen molar-refractivity contribution in [1.29, 1.82) is 0 Å². The maximum Gasteiger partial charge on any atom is 0.277 e. The molecular weight excluding hydrogens is 182 g/mol. The van der Waals surface area contributed by atoms with Crippen molar-refractivity contribution in [1.82, 2.24) is 14.6 Å². The van der Waals surface area contributed by atoms with Crippen LogP contribution in [0.3, 0.4) is 0 Å². The van der Waals surface area contributed by atoms with Crippen molar-refractivity contribution in [2.45, 2.75) is 6.92 Å². The van der Waals surface area contributed by atoms with Crippen molar-refractivity contribution in [3.63, 3.8) is 0 Å². The zero-order valence-corrected chi connectivity index (χ0v) is 7.43. The summed E-state index contributed by atoms with van der Waals surface area (Å²) in [6, 6.07) is 1.91. The molecule has 0 saturated heterocycles. The van der Waals surface area contributed by atoms with Crippen LogP contribution in [0.15, 0.2) is 17.5 Å². The summed E-state index contributed by atoms with van der Waals surface area (Å²) in [7, 11) is 0. The van der Waals surface area contributed by atoms with Gasteiger partial charge < -0.3 is 10.6 Å². The number of nitrogens with zero attached hydrogens (tertiary/aromatic N) is 4. The van der Waals surface area contributed by atoms with E-state index < -0.39 is 0 Å². The molecule has 0 aliphatic carbocycles. The fraction of sp³-hybridized carbons (Fsp3) is 0.125. The number of amidine groups is 1. The molecule has 2 aromatic heterocycles. The summed E-state index contributed by atoms with van der Waals surface area (Å²) in [5, 5.41) is 7.79. The van der Waals surface area contributed by atoms with Gasteiger partial charge >= 0.3 is 0 Å². The van der Waals surface area contributed by atoms with Crippen LogP contribution in [-0.2, 0) is 0 Å². The SMILES string of the molecule is Cc1cc2c3c(ncnn13)ON=C2N. The quantitative estimate of drug-likeness (QED) is 0.635. The lowest BCUT2D eigenvalue weighted by Gasteiger charge is -2.07. The maximum absolute atomic E-state index is 5.67. The molecule has 0 bridgehead atoms. The van der Waals surface area contributed by atoms with Gasteiger partial charge in [0, 0.05) is 5.69 Å². The maximum atomic E-state index is 5.67. The first kappa shape index (κ1) is 7.31. The second-order valence-electron chi connectivity index (χ2n) is 3.09. The predicted octanol–water partition coefficient (Wildman–Crippen LogP) is 0.0504. The van der Waals surface area contributed by atoms with Gasteiger partial charge in [0.1, 0.15) is 11.8 Å². The third-order valence-electron chi connectivity index (χ3n) is 2.21. The van der Waals surface area contributed by atoms with Crippen molar-refractivity contribution in [3.05, 3.63) is 23.7 Å². The molecule has 6 heteroatoms. The highest BCUT2D eigenvalue weighted by Crippen LogP contribution is 2.26. The monoisotopic (exact) mass is 189 g/mol. The minimum Gasteiger partial charge on any atom is -0.380 e. The highest BCUT2D eigenvalue weighted by molar-refractivity contribution is 6.05. The second-order valence-corrected chi connectivity index (χ2v) is 3.09. The number of hydrogen-bond acceptors (Lipinski definition) is 5. The van der Waals surface area contributed by atoms with Crippen LogP contribution in [-0.4, -0.2) is 20.4 Å². The van der Waals surface area contributed by atoms with Gasteiger partial charge in [-0.25, -0.2) is 4.52 Å². The molecule has 0 fully saturated rings. The first-order valence-electron chi connectivity index (χ1n) is 4.11. The van der Waals surface area contributed by atoms with E-state index in [-0.39, 0.29) is 0 Å². The van der Waals surface area contributed by atoms with Crippen molar-refractivity contribution < 1.29 is 4.84 Å². The van der Waals surface area contributed by atoms with Crippen LogP contribution in [0.4, 0.5) is 0 Å². The van der Waals surface area contributed by atoms with Gasteiger partial charge in [-0.05, 0) is 13.0 Å². The molecule has 2 N–H and O–H groups in total. The van der Waals surface area contributed by atoms with Gasteiger partial charge in [-0.3, -0.25) is 0 Å². The van der Waals surface area contributed by atoms with E-state index in [0.717, 1.165) is 16.8 Å². The van der Waals surface area contributed by atoms with E-state index in [2.05, 4.69) is 15.2 Å².